The van der Waals surface area contributed by atoms with Crippen LogP contribution in [0.4, 0.5) is 0 Å². The first-order chi connectivity index (χ1) is 9.60. The van der Waals surface area contributed by atoms with Gasteiger partial charge in [0.05, 0.1) is 0 Å². The number of aliphatic carboxylic acids is 1. The topological polar surface area (TPSA) is 77.0 Å². The van der Waals surface area contributed by atoms with Gasteiger partial charge in [0.2, 0.25) is 0 Å². The third-order valence-electron chi connectivity index (χ3n) is 2.45. The fourth-order valence-corrected chi connectivity index (χ4v) is 4.39. The van der Waals surface area contributed by atoms with Crippen molar-refractivity contribution in [3.8, 4) is 0 Å². The van der Waals surface area contributed by atoms with Crippen molar-refractivity contribution >= 4 is 14.8 Å². The molecule has 0 heterocycles. The maximum Gasteiger partial charge on any atom is 0.500 e. The number of carboxylic acids is 1. The van der Waals surface area contributed by atoms with Crippen LogP contribution in [0.3, 0.4) is 0 Å². The molecule has 7 heteroatoms. The van der Waals surface area contributed by atoms with E-state index in [1.54, 1.807) is 6.08 Å². The van der Waals surface area contributed by atoms with Crippen LogP contribution < -0.4 is 5.32 Å². The molecule has 118 valence electrons. The quantitative estimate of drug-likeness (QED) is 0.306. The monoisotopic (exact) mass is 305 g/mol. The van der Waals surface area contributed by atoms with Crippen molar-refractivity contribution in [1.29, 1.82) is 0 Å². The van der Waals surface area contributed by atoms with Gasteiger partial charge < -0.3 is 23.7 Å². The Kier molecular flexibility index (Phi) is 11.6. The summed E-state index contributed by atoms with van der Waals surface area (Å²) in [4.78, 5) is 10.3. The van der Waals surface area contributed by atoms with Gasteiger partial charge in [-0.15, -0.1) is 0 Å². The molecule has 0 aliphatic rings. The highest BCUT2D eigenvalue weighted by atomic mass is 28.4. The Bertz CT molecular complexity index is 269. The van der Waals surface area contributed by atoms with E-state index in [1.165, 1.54) is 0 Å². The molecule has 0 aromatic rings. The predicted octanol–water partition coefficient (Wildman–Crippen LogP) is 1.66. The van der Waals surface area contributed by atoms with E-state index >= 15 is 0 Å². The maximum absolute atomic E-state index is 10.3. The van der Waals surface area contributed by atoms with Gasteiger partial charge in [-0.25, -0.2) is 4.79 Å². The second-order valence-corrected chi connectivity index (χ2v) is 6.76. The molecule has 0 aromatic carbocycles. The molecule has 0 aliphatic heterocycles. The van der Waals surface area contributed by atoms with Crippen molar-refractivity contribution < 1.29 is 23.2 Å². The summed E-state index contributed by atoms with van der Waals surface area (Å²) in [6, 6.07) is 0.762. The van der Waals surface area contributed by atoms with Gasteiger partial charge in [-0.05, 0) is 33.7 Å². The van der Waals surface area contributed by atoms with Crippen LogP contribution >= 0.6 is 0 Å². The highest BCUT2D eigenvalue weighted by Gasteiger charge is 2.39. The molecule has 0 fully saturated rings. The van der Waals surface area contributed by atoms with Crippen LogP contribution in [0.15, 0.2) is 12.2 Å². The molecule has 6 nitrogen and oxygen atoms in total. The van der Waals surface area contributed by atoms with Crippen molar-refractivity contribution in [2.75, 3.05) is 32.9 Å². The minimum absolute atomic E-state index is 0.540. The average molecular weight is 305 g/mol. The van der Waals surface area contributed by atoms with E-state index in [1.807, 2.05) is 20.8 Å². The van der Waals surface area contributed by atoms with Crippen molar-refractivity contribution in [2.24, 2.45) is 0 Å². The van der Waals surface area contributed by atoms with E-state index in [4.69, 9.17) is 18.4 Å². The van der Waals surface area contributed by atoms with E-state index in [2.05, 4.69) is 5.32 Å². The third kappa shape index (κ3) is 9.22. The van der Waals surface area contributed by atoms with E-state index in [-0.39, 0.29) is 0 Å². The Balaban J connectivity index is 4.02. The Morgan fingerprint density at radius 2 is 1.70 bits per heavy atom. The number of hydrogen-bond donors (Lipinski definition) is 2. The molecule has 0 saturated carbocycles. The lowest BCUT2D eigenvalue weighted by molar-refractivity contribution is -0.131. The Morgan fingerprint density at radius 1 is 1.15 bits per heavy atom. The van der Waals surface area contributed by atoms with Crippen molar-refractivity contribution in [1.82, 2.24) is 5.32 Å². The van der Waals surface area contributed by atoms with Gasteiger partial charge in [0, 0.05) is 38.5 Å². The maximum atomic E-state index is 10.3. The van der Waals surface area contributed by atoms with Gasteiger partial charge >= 0.3 is 14.8 Å². The summed E-state index contributed by atoms with van der Waals surface area (Å²) in [5, 5.41) is 11.6. The molecule has 0 rings (SSSR count). The first-order valence-electron chi connectivity index (χ1n) is 7.12. The van der Waals surface area contributed by atoms with Gasteiger partial charge in [-0.1, -0.05) is 6.08 Å². The zero-order valence-electron chi connectivity index (χ0n) is 12.7. The Labute approximate surface area is 122 Å². The number of rotatable bonds is 13. The van der Waals surface area contributed by atoms with Crippen LogP contribution in [0.1, 0.15) is 27.2 Å². The molecule has 0 spiro atoms. The number of carboxylic acid groups (broad SMARTS) is 1. The molecule has 20 heavy (non-hydrogen) atoms. The summed E-state index contributed by atoms with van der Waals surface area (Å²) in [5.74, 6) is -0.928. The number of hydrogen-bond acceptors (Lipinski definition) is 5. The van der Waals surface area contributed by atoms with Crippen LogP contribution in [-0.4, -0.2) is 52.8 Å². The SMILES string of the molecule is CCO[Si](CCCNCC=CC(=O)O)(OCC)OCC. The van der Waals surface area contributed by atoms with Gasteiger partial charge in [-0.3, -0.25) is 0 Å². The van der Waals surface area contributed by atoms with E-state index in [9.17, 15) is 4.79 Å². The van der Waals surface area contributed by atoms with Crippen molar-refractivity contribution in [3.05, 3.63) is 12.2 Å². The summed E-state index contributed by atoms with van der Waals surface area (Å²) in [5.41, 5.74) is 0. The zero-order chi connectivity index (χ0) is 15.3. The highest BCUT2D eigenvalue weighted by molar-refractivity contribution is 6.60. The lowest BCUT2D eigenvalue weighted by atomic mass is 10.4. The molecule has 0 amide bonds. The molecule has 0 aliphatic carbocycles. The van der Waals surface area contributed by atoms with Crippen LogP contribution in [0, 0.1) is 0 Å². The molecule has 0 bridgehead atoms. The average Bonchev–Trinajstić information content (AvgIpc) is 2.38. The van der Waals surface area contributed by atoms with Crippen LogP contribution in [0.2, 0.25) is 6.04 Å². The van der Waals surface area contributed by atoms with Gasteiger partial charge in [0.25, 0.3) is 0 Å². The predicted molar refractivity (Wildman–Crippen MR) is 79.7 cm³/mol. The van der Waals surface area contributed by atoms with E-state index in [0.717, 1.165) is 25.1 Å². The first kappa shape index (κ1) is 19.3. The molecular formula is C13H27NO5Si. The first-order valence-corrected chi connectivity index (χ1v) is 9.05. The number of nitrogens with one attached hydrogen (secondary N) is 1. The second kappa shape index (κ2) is 12.0. The zero-order valence-corrected chi connectivity index (χ0v) is 13.7. The Hall–Kier alpha value is -0.733. The lowest BCUT2D eigenvalue weighted by Crippen LogP contribution is -2.46. The van der Waals surface area contributed by atoms with Crippen LogP contribution in [0.25, 0.3) is 0 Å². The standard InChI is InChI=1S/C13H27NO5Si/c1-4-17-20(18-5-2,19-6-3)12-8-11-14-10-7-9-13(15)16/h7,9,14H,4-6,8,10-12H2,1-3H3,(H,15,16). The minimum Gasteiger partial charge on any atom is -0.478 e. The minimum atomic E-state index is -2.53. The smallest absolute Gasteiger partial charge is 0.478 e. The second-order valence-electron chi connectivity index (χ2n) is 4.03. The molecule has 2 N–H and O–H groups in total. The molecular weight excluding hydrogens is 278 g/mol. The summed E-state index contributed by atoms with van der Waals surface area (Å²) < 4.78 is 17.2. The Morgan fingerprint density at radius 3 is 2.15 bits per heavy atom. The molecule has 0 saturated heterocycles. The van der Waals surface area contributed by atoms with Crippen molar-refractivity contribution in [2.45, 2.75) is 33.2 Å². The summed E-state index contributed by atoms with van der Waals surface area (Å²) in [6.45, 7) is 8.88. The molecule has 0 unspecified atom stereocenters. The van der Waals surface area contributed by atoms with Gasteiger partial charge in [0.1, 0.15) is 0 Å². The van der Waals surface area contributed by atoms with Crippen LogP contribution in [0.5, 0.6) is 0 Å². The summed E-state index contributed by atoms with van der Waals surface area (Å²) in [6.07, 6.45) is 3.58. The molecule has 0 radical (unpaired) electrons. The van der Waals surface area contributed by atoms with E-state index in [0.29, 0.717) is 26.4 Å². The molecule has 0 atom stereocenters. The summed E-state index contributed by atoms with van der Waals surface area (Å²) >= 11 is 0. The normalized spacial score (nSPS) is 12.2. The summed E-state index contributed by atoms with van der Waals surface area (Å²) in [7, 11) is -2.53. The van der Waals surface area contributed by atoms with E-state index < -0.39 is 14.8 Å². The van der Waals surface area contributed by atoms with Gasteiger partial charge in [0.15, 0.2) is 0 Å². The fraction of sp³-hybridized carbons (Fsp3) is 0.769. The number of carbonyl (C=O) groups is 1. The fourth-order valence-electron chi connectivity index (χ4n) is 1.78. The lowest BCUT2D eigenvalue weighted by Gasteiger charge is -2.28. The van der Waals surface area contributed by atoms with Crippen molar-refractivity contribution in [3.63, 3.8) is 0 Å². The highest BCUT2D eigenvalue weighted by Crippen LogP contribution is 2.17. The largest absolute Gasteiger partial charge is 0.500 e. The molecule has 0 aromatic heterocycles. The van der Waals surface area contributed by atoms with Gasteiger partial charge in [-0.2, -0.15) is 0 Å². The van der Waals surface area contributed by atoms with Crippen LogP contribution in [-0.2, 0) is 18.1 Å². The third-order valence-corrected chi connectivity index (χ3v) is 5.60.